The second-order valence-corrected chi connectivity index (χ2v) is 21.9. The third-order valence-corrected chi connectivity index (χ3v) is 14.5. The van der Waals surface area contributed by atoms with E-state index in [0.29, 0.717) is 54.4 Å². The van der Waals surface area contributed by atoms with E-state index in [1.165, 1.54) is 10.5 Å². The Labute approximate surface area is 419 Å². The van der Waals surface area contributed by atoms with Crippen molar-refractivity contribution in [2.75, 3.05) is 31.6 Å². The summed E-state index contributed by atoms with van der Waals surface area (Å²) in [7, 11) is 0. The molecule has 4 N–H and O–H groups in total. The quantitative estimate of drug-likeness (QED) is 0.0718. The lowest BCUT2D eigenvalue weighted by Gasteiger charge is -2.63. The first-order valence-electron chi connectivity index (χ1n) is 24.2. The van der Waals surface area contributed by atoms with E-state index in [-0.39, 0.29) is 53.2 Å². The molecule has 1 saturated heterocycles. The fraction of sp³-hybridized carbons (Fsp3) is 0.509. The van der Waals surface area contributed by atoms with Gasteiger partial charge in [0.2, 0.25) is 17.7 Å². The third-order valence-electron chi connectivity index (χ3n) is 13.0. The number of hydrogen-bond acceptors (Lipinski definition) is 9. The highest BCUT2D eigenvalue weighted by Crippen LogP contribution is 2.55. The molecule has 1 saturated carbocycles. The number of nitrogens with zero attached hydrogens (tertiary/aromatic N) is 2. The van der Waals surface area contributed by atoms with Gasteiger partial charge in [-0.1, -0.05) is 115 Å². The summed E-state index contributed by atoms with van der Waals surface area (Å²) in [6.07, 6.45) is 6.73. The van der Waals surface area contributed by atoms with Gasteiger partial charge in [0.05, 0.1) is 10.6 Å². The van der Waals surface area contributed by atoms with Crippen LogP contribution in [0.1, 0.15) is 135 Å². The number of unbranched alkanes of at least 4 members (excludes halogenated alkanes) is 2. The Kier molecular flexibility index (Phi) is 19.4. The van der Waals surface area contributed by atoms with Gasteiger partial charge in [0.1, 0.15) is 36.6 Å². The van der Waals surface area contributed by atoms with Crippen LogP contribution in [0.4, 0.5) is 5.69 Å². The molecule has 0 bridgehead atoms. The predicted molar refractivity (Wildman–Crippen MR) is 279 cm³/mol. The predicted octanol–water partition coefficient (Wildman–Crippen LogP) is 10.7. The van der Waals surface area contributed by atoms with Gasteiger partial charge < -0.3 is 35.6 Å². The maximum Gasteiger partial charge on any atom is 0.251 e. The number of rotatable bonds is 22. The third kappa shape index (κ3) is 14.4. The van der Waals surface area contributed by atoms with E-state index in [4.69, 9.17) is 21.1 Å². The van der Waals surface area contributed by atoms with Crippen molar-refractivity contribution in [2.24, 2.45) is 16.2 Å². The molecule has 1 aliphatic heterocycles. The van der Waals surface area contributed by atoms with Crippen LogP contribution in [0.15, 0.2) is 83.8 Å². The van der Waals surface area contributed by atoms with Gasteiger partial charge in [-0.25, -0.2) is 0 Å². The molecule has 12 nitrogen and oxygen atoms in total. The molecule has 3 aromatic rings. The molecule has 0 radical (unpaired) electrons. The summed E-state index contributed by atoms with van der Waals surface area (Å²) in [6, 6.07) is 21.2. The van der Waals surface area contributed by atoms with Crippen LogP contribution in [0.25, 0.3) is 4.91 Å². The molecule has 3 aromatic carbocycles. The van der Waals surface area contributed by atoms with Crippen LogP contribution in [0.5, 0.6) is 5.75 Å². The zero-order valence-corrected chi connectivity index (χ0v) is 43.8. The average molecular weight is 982 g/mol. The van der Waals surface area contributed by atoms with Crippen molar-refractivity contribution in [1.29, 1.82) is 5.26 Å². The van der Waals surface area contributed by atoms with Crippen molar-refractivity contribution in [1.82, 2.24) is 20.9 Å². The van der Waals surface area contributed by atoms with Crippen LogP contribution in [0.2, 0.25) is 5.02 Å². The number of anilines is 1. The van der Waals surface area contributed by atoms with E-state index in [2.05, 4.69) is 99.4 Å². The van der Waals surface area contributed by atoms with E-state index in [9.17, 15) is 24.4 Å². The number of likely N-dealkylation sites (tertiary alicyclic amines) is 1. The normalized spacial score (nSPS) is 18.6. The highest BCUT2D eigenvalue weighted by Gasteiger charge is 2.64. The molecule has 4 amide bonds. The molecule has 14 heteroatoms. The molecule has 2 atom stereocenters. The van der Waals surface area contributed by atoms with E-state index in [1.54, 1.807) is 34.9 Å². The van der Waals surface area contributed by atoms with Gasteiger partial charge in [-0.05, 0) is 111 Å². The number of thioether (sulfide) groups is 1. The largest absolute Gasteiger partial charge is 0.489 e. The number of benzene rings is 3. The highest BCUT2D eigenvalue weighted by atomic mass is 35.5. The minimum Gasteiger partial charge on any atom is -0.489 e. The van der Waals surface area contributed by atoms with Crippen molar-refractivity contribution in [3.05, 3.63) is 111 Å². The van der Waals surface area contributed by atoms with Crippen molar-refractivity contribution in [2.45, 2.75) is 139 Å². The lowest BCUT2D eigenvalue weighted by atomic mass is 9.49. The Hall–Kier alpha value is -5.29. The Morgan fingerprint density at radius 3 is 2.26 bits per heavy atom. The molecular formula is C55H73ClN6O6S. The number of hydrogen-bond donors (Lipinski definition) is 4. The number of halogens is 1. The summed E-state index contributed by atoms with van der Waals surface area (Å²) in [5.41, 5.74) is 3.88. The SMILES string of the molecule is CC/C=C/SC(=C(C)C)c1ccc(CNC(=O)[C@@H]2CCCN2C(=O)[C@@H](NC(=O)COCCCCCNc2ccc(C(=O)NC3C(C)(C)C(Oc4ccc(C#N)c(Cl)c4)C3(C)C)cc2)C(C)(C)C)cc1. The molecule has 0 aromatic heterocycles. The molecular weight excluding hydrogens is 908 g/mol. The number of nitrogens with one attached hydrogen (secondary N) is 4. The second-order valence-electron chi connectivity index (χ2n) is 20.6. The summed E-state index contributed by atoms with van der Waals surface area (Å²) < 4.78 is 12.1. The van der Waals surface area contributed by atoms with Crippen LogP contribution >= 0.6 is 23.4 Å². The van der Waals surface area contributed by atoms with Crippen LogP contribution in [0.3, 0.4) is 0 Å². The zero-order chi connectivity index (χ0) is 50.5. The molecule has 0 unspecified atom stereocenters. The molecule has 69 heavy (non-hydrogen) atoms. The van der Waals surface area contributed by atoms with Crippen molar-refractivity contribution >= 4 is 57.6 Å². The molecule has 1 heterocycles. The van der Waals surface area contributed by atoms with E-state index < -0.39 is 17.5 Å². The van der Waals surface area contributed by atoms with Gasteiger partial charge in [-0.2, -0.15) is 5.26 Å². The summed E-state index contributed by atoms with van der Waals surface area (Å²) in [5.74, 6) is -0.395. The lowest BCUT2D eigenvalue weighted by molar-refractivity contribution is -0.164. The van der Waals surface area contributed by atoms with Gasteiger partial charge in [0.15, 0.2) is 0 Å². The fourth-order valence-corrected chi connectivity index (χ4v) is 10.7. The number of ether oxygens (including phenoxy) is 2. The first-order chi connectivity index (χ1) is 32.7. The van der Waals surface area contributed by atoms with Gasteiger partial charge in [0.25, 0.3) is 5.91 Å². The number of carbonyl (C=O) groups excluding carboxylic acids is 4. The van der Waals surface area contributed by atoms with Gasteiger partial charge in [-0.15, -0.1) is 0 Å². The van der Waals surface area contributed by atoms with E-state index in [0.717, 1.165) is 49.0 Å². The Bertz CT molecular complexity index is 2350. The van der Waals surface area contributed by atoms with Crippen molar-refractivity contribution in [3.63, 3.8) is 0 Å². The van der Waals surface area contributed by atoms with Crippen molar-refractivity contribution in [3.8, 4) is 11.8 Å². The molecule has 2 aliphatic rings. The first kappa shape index (κ1) is 54.6. The minimum absolute atomic E-state index is 0.146. The molecule has 5 rings (SSSR count). The summed E-state index contributed by atoms with van der Waals surface area (Å²) in [5, 5.41) is 24.3. The number of amides is 4. The maximum atomic E-state index is 14.0. The van der Waals surface area contributed by atoms with Crippen LogP contribution in [0, 0.1) is 27.6 Å². The Balaban J connectivity index is 0.989. The van der Waals surface area contributed by atoms with Crippen LogP contribution in [-0.4, -0.2) is 79.1 Å². The fourth-order valence-electron chi connectivity index (χ4n) is 9.54. The van der Waals surface area contributed by atoms with Gasteiger partial charge in [-0.3, -0.25) is 19.2 Å². The lowest BCUT2D eigenvalue weighted by Crippen LogP contribution is -2.74. The number of carbonyl (C=O) groups is 4. The summed E-state index contributed by atoms with van der Waals surface area (Å²) in [4.78, 5) is 56.8. The average Bonchev–Trinajstić information content (AvgIpc) is 3.81. The van der Waals surface area contributed by atoms with Crippen LogP contribution < -0.4 is 26.0 Å². The van der Waals surface area contributed by atoms with Crippen LogP contribution in [-0.2, 0) is 25.7 Å². The summed E-state index contributed by atoms with van der Waals surface area (Å²) >= 11 is 7.96. The van der Waals surface area contributed by atoms with E-state index in [1.807, 2.05) is 57.2 Å². The van der Waals surface area contributed by atoms with Gasteiger partial charge in [0, 0.05) is 65.3 Å². The topological polar surface area (TPSA) is 162 Å². The zero-order valence-electron chi connectivity index (χ0n) is 42.2. The Morgan fingerprint density at radius 2 is 1.64 bits per heavy atom. The highest BCUT2D eigenvalue weighted by molar-refractivity contribution is 8.10. The maximum absolute atomic E-state index is 14.0. The monoisotopic (exact) mass is 981 g/mol. The molecule has 0 spiro atoms. The smallest absolute Gasteiger partial charge is 0.251 e. The first-order valence-corrected chi connectivity index (χ1v) is 25.5. The molecule has 372 valence electrons. The summed E-state index contributed by atoms with van der Waals surface area (Å²) in [6.45, 7) is 22.1. The minimum atomic E-state index is -0.823. The number of allylic oxidation sites excluding steroid dienone is 2. The Morgan fingerprint density at radius 1 is 0.957 bits per heavy atom. The van der Waals surface area contributed by atoms with E-state index >= 15 is 0 Å². The standard InChI is InChI=1S/C55H73ClN6O6S/c1-11-12-31-69-46(36(2)3)38-20-18-37(19-21-38)34-59-49(65)44-17-16-29-62(44)50(66)47(53(4,5)6)60-45(63)35-67-30-15-13-14-28-58-41-25-22-39(23-26-41)48(64)61-51-54(7,8)52(55(51,9)10)68-42-27-24-40(33-57)43(56)32-42/h12,18-27,31-32,44,47,51-52,58H,11,13-17,28-30,34-35H2,1-10H3,(H,59,65)(H,60,63)(H,61,64)/b31-12+/t44-,47+,51?,52?/m0/s1. The second kappa shape index (κ2) is 24.5. The molecule has 2 fully saturated rings. The van der Waals surface area contributed by atoms with Gasteiger partial charge >= 0.3 is 0 Å². The van der Waals surface area contributed by atoms with Crippen molar-refractivity contribution < 1.29 is 28.7 Å². The number of nitriles is 1. The molecule has 1 aliphatic carbocycles.